The first-order chi connectivity index (χ1) is 12.8. The summed E-state index contributed by atoms with van der Waals surface area (Å²) >= 11 is 0. The quantitative estimate of drug-likeness (QED) is 0.669. The van der Waals surface area contributed by atoms with E-state index in [1.54, 1.807) is 24.3 Å². The number of nitrogens with one attached hydrogen (secondary N) is 1. The largest absolute Gasteiger partial charge is 0.494 e. The molecule has 0 heterocycles. The van der Waals surface area contributed by atoms with E-state index < -0.39 is 17.8 Å². The number of hydrogen-bond acceptors (Lipinski definition) is 3. The maximum Gasteiger partial charge on any atom is 0.416 e. The summed E-state index contributed by atoms with van der Waals surface area (Å²) in [7, 11) is 0. The Labute approximate surface area is 156 Å². The highest BCUT2D eigenvalue weighted by atomic mass is 19.4. The summed E-state index contributed by atoms with van der Waals surface area (Å²) in [5.74, 6) is 0.283. The fourth-order valence-electron chi connectivity index (χ4n) is 2.34. The Kier molecular flexibility index (Phi) is 7.24. The van der Waals surface area contributed by atoms with Gasteiger partial charge in [-0.05, 0) is 48.4 Å². The molecule has 0 radical (unpaired) electrons. The number of alkyl halides is 3. The predicted molar refractivity (Wildman–Crippen MR) is 95.6 cm³/mol. The van der Waals surface area contributed by atoms with Crippen molar-refractivity contribution in [2.75, 3.05) is 13.2 Å². The van der Waals surface area contributed by atoms with Crippen molar-refractivity contribution >= 4 is 5.91 Å². The summed E-state index contributed by atoms with van der Waals surface area (Å²) in [6, 6.07) is 10.8. The molecule has 27 heavy (non-hydrogen) atoms. The number of unbranched alkanes of at least 4 members (excludes halogenated alkanes) is 1. The van der Waals surface area contributed by atoms with Gasteiger partial charge in [0.25, 0.3) is 5.91 Å². The third-order valence-corrected chi connectivity index (χ3v) is 3.96. The Morgan fingerprint density at radius 1 is 1.11 bits per heavy atom. The zero-order valence-electron chi connectivity index (χ0n) is 14.9. The van der Waals surface area contributed by atoms with Crippen LogP contribution in [0.25, 0.3) is 0 Å². The number of aliphatic hydroxyl groups excluding tert-OH is 1. The first-order valence-corrected chi connectivity index (χ1v) is 8.67. The van der Waals surface area contributed by atoms with Crippen molar-refractivity contribution in [3.8, 4) is 5.75 Å². The van der Waals surface area contributed by atoms with Crippen molar-refractivity contribution < 1.29 is 27.8 Å². The number of rotatable bonds is 8. The van der Waals surface area contributed by atoms with Crippen LogP contribution in [-0.4, -0.2) is 24.2 Å². The molecule has 0 fully saturated rings. The maximum absolute atomic E-state index is 12.5. The Morgan fingerprint density at radius 3 is 2.30 bits per heavy atom. The lowest BCUT2D eigenvalue weighted by Crippen LogP contribution is -2.28. The lowest BCUT2D eigenvalue weighted by molar-refractivity contribution is -0.137. The molecule has 1 unspecified atom stereocenters. The van der Waals surface area contributed by atoms with E-state index in [0.717, 1.165) is 25.0 Å². The van der Waals surface area contributed by atoms with Crippen LogP contribution < -0.4 is 10.1 Å². The zero-order chi connectivity index (χ0) is 19.9. The van der Waals surface area contributed by atoms with Gasteiger partial charge in [-0.2, -0.15) is 13.2 Å². The van der Waals surface area contributed by atoms with Crippen LogP contribution in [0.2, 0.25) is 0 Å². The minimum Gasteiger partial charge on any atom is -0.494 e. The highest BCUT2D eigenvalue weighted by molar-refractivity contribution is 5.94. The number of benzene rings is 2. The number of ether oxygens (including phenoxy) is 1. The van der Waals surface area contributed by atoms with Gasteiger partial charge in [0.05, 0.1) is 18.3 Å². The summed E-state index contributed by atoms with van der Waals surface area (Å²) in [6.07, 6.45) is -3.55. The van der Waals surface area contributed by atoms with Crippen molar-refractivity contribution in [1.82, 2.24) is 5.32 Å². The van der Waals surface area contributed by atoms with Crippen molar-refractivity contribution in [1.29, 1.82) is 0 Å². The van der Waals surface area contributed by atoms with Gasteiger partial charge in [-0.25, -0.2) is 0 Å². The van der Waals surface area contributed by atoms with E-state index in [0.29, 0.717) is 23.5 Å². The molecule has 0 saturated carbocycles. The van der Waals surface area contributed by atoms with E-state index in [4.69, 9.17) is 4.74 Å². The molecule has 2 aromatic rings. The number of halogens is 3. The van der Waals surface area contributed by atoms with Gasteiger partial charge in [0.1, 0.15) is 5.75 Å². The first kappa shape index (κ1) is 20.8. The van der Waals surface area contributed by atoms with Crippen molar-refractivity contribution in [3.05, 3.63) is 65.2 Å². The van der Waals surface area contributed by atoms with Gasteiger partial charge in [-0.1, -0.05) is 25.5 Å². The molecule has 0 aliphatic carbocycles. The van der Waals surface area contributed by atoms with Gasteiger partial charge in [0, 0.05) is 12.1 Å². The molecule has 4 nitrogen and oxygen atoms in total. The molecule has 0 aliphatic heterocycles. The highest BCUT2D eigenvalue weighted by Gasteiger charge is 2.30. The molecule has 2 aromatic carbocycles. The van der Waals surface area contributed by atoms with Gasteiger partial charge in [-0.15, -0.1) is 0 Å². The topological polar surface area (TPSA) is 58.6 Å². The summed E-state index contributed by atoms with van der Waals surface area (Å²) in [5, 5.41) is 12.6. The van der Waals surface area contributed by atoms with Crippen LogP contribution in [0.15, 0.2) is 48.5 Å². The monoisotopic (exact) mass is 381 g/mol. The molecule has 0 aromatic heterocycles. The molecule has 0 spiro atoms. The molecule has 2 N–H and O–H groups in total. The van der Waals surface area contributed by atoms with Gasteiger partial charge in [0.15, 0.2) is 0 Å². The fraction of sp³-hybridized carbons (Fsp3) is 0.350. The number of aliphatic hydroxyl groups is 1. The normalized spacial score (nSPS) is 12.5. The van der Waals surface area contributed by atoms with E-state index in [1.165, 1.54) is 12.1 Å². The minimum absolute atomic E-state index is 0.112. The number of amides is 1. The number of carbonyl (C=O) groups excluding carboxylic acids is 1. The van der Waals surface area contributed by atoms with Crippen molar-refractivity contribution in [2.45, 2.75) is 32.0 Å². The van der Waals surface area contributed by atoms with Gasteiger partial charge >= 0.3 is 6.18 Å². The molecule has 0 aliphatic rings. The molecular weight excluding hydrogens is 359 g/mol. The Morgan fingerprint density at radius 2 is 1.74 bits per heavy atom. The van der Waals surface area contributed by atoms with Gasteiger partial charge in [-0.3, -0.25) is 4.79 Å². The third-order valence-electron chi connectivity index (χ3n) is 3.96. The van der Waals surface area contributed by atoms with Gasteiger partial charge in [0.2, 0.25) is 0 Å². The molecule has 1 amide bonds. The minimum atomic E-state index is -4.43. The average molecular weight is 381 g/mol. The molecule has 0 bridgehead atoms. The standard InChI is InChI=1S/C20H22F3NO3/c1-2-3-12-27-17-10-6-15(7-11-17)19(26)24-13-18(25)14-4-8-16(9-5-14)20(21,22)23/h4-11,18,25H,2-3,12-13H2,1H3,(H,24,26). The maximum atomic E-state index is 12.5. The Hall–Kier alpha value is -2.54. The second kappa shape index (κ2) is 9.41. The van der Waals surface area contributed by atoms with Crippen LogP contribution in [0.3, 0.4) is 0 Å². The van der Waals surface area contributed by atoms with Crippen LogP contribution >= 0.6 is 0 Å². The van der Waals surface area contributed by atoms with E-state index >= 15 is 0 Å². The third kappa shape index (κ3) is 6.29. The summed E-state index contributed by atoms with van der Waals surface area (Å²) in [4.78, 5) is 12.1. The molecule has 146 valence electrons. The van der Waals surface area contributed by atoms with Crippen LogP contribution in [0.5, 0.6) is 5.75 Å². The molecule has 0 saturated heterocycles. The van der Waals surface area contributed by atoms with Crippen LogP contribution in [0.4, 0.5) is 13.2 Å². The second-order valence-corrected chi connectivity index (χ2v) is 6.07. The fourth-order valence-corrected chi connectivity index (χ4v) is 2.34. The number of hydrogen-bond donors (Lipinski definition) is 2. The van der Waals surface area contributed by atoms with E-state index in [1.807, 2.05) is 0 Å². The molecule has 1 atom stereocenters. The lowest BCUT2D eigenvalue weighted by Gasteiger charge is -2.14. The van der Waals surface area contributed by atoms with E-state index in [2.05, 4.69) is 12.2 Å². The van der Waals surface area contributed by atoms with E-state index in [-0.39, 0.29) is 12.5 Å². The smallest absolute Gasteiger partial charge is 0.416 e. The first-order valence-electron chi connectivity index (χ1n) is 8.67. The van der Waals surface area contributed by atoms with Gasteiger partial charge < -0.3 is 15.2 Å². The SMILES string of the molecule is CCCCOc1ccc(C(=O)NCC(O)c2ccc(C(F)(F)F)cc2)cc1. The average Bonchev–Trinajstić information content (AvgIpc) is 2.66. The molecular formula is C20H22F3NO3. The second-order valence-electron chi connectivity index (χ2n) is 6.07. The predicted octanol–water partition coefficient (Wildman–Crippen LogP) is 4.35. The Balaban J connectivity index is 1.87. The molecule has 7 heteroatoms. The van der Waals surface area contributed by atoms with E-state index in [9.17, 15) is 23.1 Å². The van der Waals surface area contributed by atoms with Crippen LogP contribution in [-0.2, 0) is 6.18 Å². The molecule has 2 rings (SSSR count). The van der Waals surface area contributed by atoms with Crippen LogP contribution in [0, 0.1) is 0 Å². The van der Waals surface area contributed by atoms with Crippen molar-refractivity contribution in [2.24, 2.45) is 0 Å². The zero-order valence-corrected chi connectivity index (χ0v) is 14.9. The summed E-state index contributed by atoms with van der Waals surface area (Å²) in [5.41, 5.74) is -0.0934. The van der Waals surface area contributed by atoms with Crippen molar-refractivity contribution in [3.63, 3.8) is 0 Å². The number of carbonyl (C=O) groups is 1. The van der Waals surface area contributed by atoms with Crippen LogP contribution in [0.1, 0.15) is 47.4 Å². The lowest BCUT2D eigenvalue weighted by atomic mass is 10.1. The summed E-state index contributed by atoms with van der Waals surface area (Å²) in [6.45, 7) is 2.57. The highest BCUT2D eigenvalue weighted by Crippen LogP contribution is 2.29. The Bertz CT molecular complexity index is 728. The summed E-state index contributed by atoms with van der Waals surface area (Å²) < 4.78 is 43.2.